The molecule has 6 heteroatoms. The van der Waals surface area contributed by atoms with Crippen LogP contribution in [-0.2, 0) is 9.47 Å². The fourth-order valence-corrected chi connectivity index (χ4v) is 1.92. The molecule has 19 heavy (non-hydrogen) atoms. The number of aliphatic hydroxyl groups is 3. The van der Waals surface area contributed by atoms with Gasteiger partial charge >= 0.3 is 5.97 Å². The number of carbonyl (C=O) groups is 1. The van der Waals surface area contributed by atoms with Crippen molar-refractivity contribution in [3.05, 3.63) is 35.9 Å². The Morgan fingerprint density at radius 2 is 1.79 bits per heavy atom. The van der Waals surface area contributed by atoms with Crippen LogP contribution in [-0.4, -0.2) is 52.0 Å². The highest BCUT2D eigenvalue weighted by atomic mass is 16.6. The highest BCUT2D eigenvalue weighted by Crippen LogP contribution is 2.23. The Balaban J connectivity index is 2.10. The largest absolute Gasteiger partial charge is 0.453 e. The van der Waals surface area contributed by atoms with E-state index < -0.39 is 36.7 Å². The number of ether oxygens (including phenoxy) is 2. The molecule has 1 saturated heterocycles. The van der Waals surface area contributed by atoms with Crippen LogP contribution in [0.2, 0.25) is 0 Å². The van der Waals surface area contributed by atoms with Crippen LogP contribution in [0.5, 0.6) is 0 Å². The molecule has 0 saturated carbocycles. The quantitative estimate of drug-likeness (QED) is 0.636. The zero-order valence-electron chi connectivity index (χ0n) is 10.3. The van der Waals surface area contributed by atoms with Gasteiger partial charge in [-0.3, -0.25) is 0 Å². The molecule has 0 aliphatic carbocycles. The first-order valence-electron chi connectivity index (χ1n) is 5.96. The van der Waals surface area contributed by atoms with E-state index in [0.29, 0.717) is 5.56 Å². The van der Waals surface area contributed by atoms with Gasteiger partial charge in [0.2, 0.25) is 0 Å². The minimum Gasteiger partial charge on any atom is -0.453 e. The summed E-state index contributed by atoms with van der Waals surface area (Å²) in [5, 5.41) is 29.0. The monoisotopic (exact) mass is 268 g/mol. The molecule has 1 aromatic carbocycles. The lowest BCUT2D eigenvalue weighted by atomic mass is 9.99. The highest BCUT2D eigenvalue weighted by molar-refractivity contribution is 5.89. The third-order valence-electron chi connectivity index (χ3n) is 3.05. The zero-order chi connectivity index (χ0) is 14.0. The van der Waals surface area contributed by atoms with Crippen molar-refractivity contribution >= 4 is 5.97 Å². The van der Waals surface area contributed by atoms with Crippen LogP contribution in [0.3, 0.4) is 0 Å². The average molecular weight is 268 g/mol. The van der Waals surface area contributed by atoms with E-state index in [1.165, 1.54) is 6.92 Å². The molecule has 0 amide bonds. The fraction of sp³-hybridized carbons (Fsp3) is 0.462. The minimum absolute atomic E-state index is 0.301. The standard InChI is InChI=1S/C13H16O6/c1-7-9(14)11(10(15)13(17)18-7)19-12(16)8-5-3-2-4-6-8/h2-7,9-11,13-15,17H,1H3/t7-,9-,10+,11+,13+/m0/s1. The van der Waals surface area contributed by atoms with Gasteiger partial charge in [-0.2, -0.15) is 0 Å². The Kier molecular flexibility index (Phi) is 4.16. The molecule has 0 spiro atoms. The van der Waals surface area contributed by atoms with E-state index in [1.54, 1.807) is 30.3 Å². The second-order valence-electron chi connectivity index (χ2n) is 4.45. The average Bonchev–Trinajstić information content (AvgIpc) is 2.42. The SMILES string of the molecule is C[C@@H]1O[C@@H](O)[C@H](O)[C@H](OC(=O)c2ccccc2)[C@H]1O. The van der Waals surface area contributed by atoms with Gasteiger partial charge in [-0.05, 0) is 19.1 Å². The molecule has 0 unspecified atom stereocenters. The molecule has 0 bridgehead atoms. The van der Waals surface area contributed by atoms with E-state index >= 15 is 0 Å². The number of hydrogen-bond donors (Lipinski definition) is 3. The molecule has 1 aromatic rings. The maximum absolute atomic E-state index is 11.9. The molecule has 5 atom stereocenters. The summed E-state index contributed by atoms with van der Waals surface area (Å²) < 4.78 is 9.96. The lowest BCUT2D eigenvalue weighted by Gasteiger charge is -2.38. The molecular formula is C13H16O6. The van der Waals surface area contributed by atoms with Crippen LogP contribution >= 0.6 is 0 Å². The van der Waals surface area contributed by atoms with Crippen molar-refractivity contribution in [3.63, 3.8) is 0 Å². The van der Waals surface area contributed by atoms with E-state index in [1.807, 2.05) is 0 Å². The molecule has 1 aliphatic heterocycles. The summed E-state index contributed by atoms with van der Waals surface area (Å²) in [6.45, 7) is 1.52. The fourth-order valence-electron chi connectivity index (χ4n) is 1.92. The molecule has 1 heterocycles. The maximum atomic E-state index is 11.9. The Hall–Kier alpha value is -1.47. The number of rotatable bonds is 2. The Bertz CT molecular complexity index is 420. The number of esters is 1. The van der Waals surface area contributed by atoms with E-state index in [2.05, 4.69) is 0 Å². The lowest BCUT2D eigenvalue weighted by Crippen LogP contribution is -2.58. The normalized spacial score (nSPS) is 34.8. The van der Waals surface area contributed by atoms with Gasteiger partial charge in [-0.1, -0.05) is 18.2 Å². The van der Waals surface area contributed by atoms with Gasteiger partial charge in [0, 0.05) is 0 Å². The number of aliphatic hydroxyl groups excluding tert-OH is 3. The van der Waals surface area contributed by atoms with Crippen molar-refractivity contribution in [1.29, 1.82) is 0 Å². The van der Waals surface area contributed by atoms with Crippen LogP contribution in [0.25, 0.3) is 0 Å². The zero-order valence-corrected chi connectivity index (χ0v) is 10.3. The molecule has 6 nitrogen and oxygen atoms in total. The van der Waals surface area contributed by atoms with E-state index in [0.717, 1.165) is 0 Å². The third kappa shape index (κ3) is 2.93. The van der Waals surface area contributed by atoms with Crippen LogP contribution in [0.15, 0.2) is 30.3 Å². The Morgan fingerprint density at radius 3 is 2.42 bits per heavy atom. The molecule has 0 radical (unpaired) electrons. The summed E-state index contributed by atoms with van der Waals surface area (Å²) in [6, 6.07) is 8.21. The molecular weight excluding hydrogens is 252 g/mol. The number of benzene rings is 1. The van der Waals surface area contributed by atoms with Crippen molar-refractivity contribution < 1.29 is 29.6 Å². The number of carbonyl (C=O) groups excluding carboxylic acids is 1. The smallest absolute Gasteiger partial charge is 0.338 e. The van der Waals surface area contributed by atoms with Gasteiger partial charge in [0.15, 0.2) is 12.4 Å². The maximum Gasteiger partial charge on any atom is 0.338 e. The summed E-state index contributed by atoms with van der Waals surface area (Å²) in [5.41, 5.74) is 0.301. The first-order valence-corrected chi connectivity index (χ1v) is 5.96. The summed E-state index contributed by atoms with van der Waals surface area (Å²) in [7, 11) is 0. The van der Waals surface area contributed by atoms with Crippen molar-refractivity contribution in [2.45, 2.75) is 37.6 Å². The predicted octanol–water partition coefficient (Wildman–Crippen LogP) is -0.329. The first-order chi connectivity index (χ1) is 9.00. The molecule has 104 valence electrons. The van der Waals surface area contributed by atoms with Crippen LogP contribution in [0.1, 0.15) is 17.3 Å². The third-order valence-corrected chi connectivity index (χ3v) is 3.05. The lowest BCUT2D eigenvalue weighted by molar-refractivity contribution is -0.276. The Labute approximate surface area is 110 Å². The van der Waals surface area contributed by atoms with Gasteiger partial charge in [-0.15, -0.1) is 0 Å². The van der Waals surface area contributed by atoms with E-state index in [-0.39, 0.29) is 0 Å². The van der Waals surface area contributed by atoms with Crippen molar-refractivity contribution in [2.24, 2.45) is 0 Å². The van der Waals surface area contributed by atoms with E-state index in [9.17, 15) is 20.1 Å². The number of hydrogen-bond acceptors (Lipinski definition) is 6. The second-order valence-corrected chi connectivity index (χ2v) is 4.45. The van der Waals surface area contributed by atoms with Crippen molar-refractivity contribution in [2.75, 3.05) is 0 Å². The molecule has 1 aliphatic rings. The summed E-state index contributed by atoms with van der Waals surface area (Å²) >= 11 is 0. The molecule has 3 N–H and O–H groups in total. The van der Waals surface area contributed by atoms with Gasteiger partial charge in [0.25, 0.3) is 0 Å². The molecule has 0 aromatic heterocycles. The topological polar surface area (TPSA) is 96.2 Å². The molecule has 2 rings (SSSR count). The van der Waals surface area contributed by atoms with Gasteiger partial charge in [0.05, 0.1) is 11.7 Å². The van der Waals surface area contributed by atoms with Crippen molar-refractivity contribution in [3.8, 4) is 0 Å². The van der Waals surface area contributed by atoms with Gasteiger partial charge in [-0.25, -0.2) is 4.79 Å². The second kappa shape index (κ2) is 5.66. The van der Waals surface area contributed by atoms with Crippen molar-refractivity contribution in [1.82, 2.24) is 0 Å². The van der Waals surface area contributed by atoms with Gasteiger partial charge in [0.1, 0.15) is 12.2 Å². The van der Waals surface area contributed by atoms with Crippen LogP contribution in [0.4, 0.5) is 0 Å². The highest BCUT2D eigenvalue weighted by Gasteiger charge is 2.44. The predicted molar refractivity (Wildman–Crippen MR) is 64.2 cm³/mol. The van der Waals surface area contributed by atoms with Crippen LogP contribution in [0, 0.1) is 0 Å². The summed E-state index contributed by atoms with van der Waals surface area (Å²) in [6.07, 6.45) is -6.16. The van der Waals surface area contributed by atoms with Crippen LogP contribution < -0.4 is 0 Å². The minimum atomic E-state index is -1.49. The summed E-state index contributed by atoms with van der Waals surface area (Å²) in [4.78, 5) is 11.9. The Morgan fingerprint density at radius 1 is 1.16 bits per heavy atom. The van der Waals surface area contributed by atoms with E-state index in [4.69, 9.17) is 9.47 Å². The first kappa shape index (κ1) is 14.0. The summed E-state index contributed by atoms with van der Waals surface area (Å²) in [5.74, 6) is -0.676. The molecule has 1 fully saturated rings. The van der Waals surface area contributed by atoms with Gasteiger partial charge < -0.3 is 24.8 Å².